The summed E-state index contributed by atoms with van der Waals surface area (Å²) in [7, 11) is 1.68. The van der Waals surface area contributed by atoms with Gasteiger partial charge in [-0.25, -0.2) is 4.98 Å². The minimum Gasteiger partial charge on any atom is -0.493 e. The molecule has 0 bridgehead atoms. The SMILES string of the molecule is COc1cccnc1N1CCN(c2ccncc2N)CC1. The summed E-state index contributed by atoms with van der Waals surface area (Å²) in [5.74, 6) is 1.72. The van der Waals surface area contributed by atoms with Crippen LogP contribution in [0.15, 0.2) is 36.8 Å². The molecule has 2 aromatic heterocycles. The van der Waals surface area contributed by atoms with Gasteiger partial charge in [-0.3, -0.25) is 4.98 Å². The second-order valence-corrected chi connectivity index (χ2v) is 4.94. The van der Waals surface area contributed by atoms with Gasteiger partial charge >= 0.3 is 0 Å². The van der Waals surface area contributed by atoms with Gasteiger partial charge in [0.05, 0.1) is 24.7 Å². The molecule has 1 aliphatic rings. The Morgan fingerprint density at radius 1 is 1.10 bits per heavy atom. The average molecular weight is 285 g/mol. The zero-order valence-electron chi connectivity index (χ0n) is 12.1. The maximum Gasteiger partial charge on any atom is 0.171 e. The first-order valence-corrected chi connectivity index (χ1v) is 6.98. The van der Waals surface area contributed by atoms with Crippen LogP contribution in [0.5, 0.6) is 5.75 Å². The van der Waals surface area contributed by atoms with Crippen molar-refractivity contribution in [1.82, 2.24) is 9.97 Å². The van der Waals surface area contributed by atoms with Crippen LogP contribution in [-0.4, -0.2) is 43.3 Å². The number of aromatic nitrogens is 2. The van der Waals surface area contributed by atoms with Gasteiger partial charge in [0.2, 0.25) is 0 Å². The molecule has 2 N–H and O–H groups in total. The molecular weight excluding hydrogens is 266 g/mol. The van der Waals surface area contributed by atoms with Gasteiger partial charge in [0, 0.05) is 38.6 Å². The molecule has 6 heteroatoms. The Morgan fingerprint density at radius 2 is 1.86 bits per heavy atom. The van der Waals surface area contributed by atoms with Crippen molar-refractivity contribution < 1.29 is 4.74 Å². The topological polar surface area (TPSA) is 67.5 Å². The molecule has 1 aliphatic heterocycles. The summed E-state index contributed by atoms with van der Waals surface area (Å²) in [6.45, 7) is 3.56. The number of nitrogens with two attached hydrogens (primary N) is 1. The number of ether oxygens (including phenoxy) is 1. The van der Waals surface area contributed by atoms with E-state index in [4.69, 9.17) is 10.5 Å². The van der Waals surface area contributed by atoms with Crippen LogP contribution in [0.25, 0.3) is 0 Å². The summed E-state index contributed by atoms with van der Waals surface area (Å²) in [5, 5.41) is 0. The monoisotopic (exact) mass is 285 g/mol. The van der Waals surface area contributed by atoms with Gasteiger partial charge in [-0.15, -0.1) is 0 Å². The third kappa shape index (κ3) is 2.69. The summed E-state index contributed by atoms with van der Waals surface area (Å²) in [5.41, 5.74) is 7.77. The summed E-state index contributed by atoms with van der Waals surface area (Å²) in [6.07, 6.45) is 5.27. The van der Waals surface area contributed by atoms with Crippen molar-refractivity contribution in [2.24, 2.45) is 0 Å². The maximum absolute atomic E-state index is 5.99. The van der Waals surface area contributed by atoms with Crippen molar-refractivity contribution in [3.8, 4) is 5.75 Å². The molecule has 3 heterocycles. The van der Waals surface area contributed by atoms with Crippen molar-refractivity contribution in [3.05, 3.63) is 36.8 Å². The molecule has 0 spiro atoms. The number of pyridine rings is 2. The Kier molecular flexibility index (Phi) is 3.77. The minimum atomic E-state index is 0.723. The maximum atomic E-state index is 5.99. The van der Waals surface area contributed by atoms with E-state index < -0.39 is 0 Å². The van der Waals surface area contributed by atoms with Gasteiger partial charge in [0.25, 0.3) is 0 Å². The second-order valence-electron chi connectivity index (χ2n) is 4.94. The highest BCUT2D eigenvalue weighted by Gasteiger charge is 2.21. The number of hydrogen-bond acceptors (Lipinski definition) is 6. The molecule has 0 aliphatic carbocycles. The van der Waals surface area contributed by atoms with Gasteiger partial charge < -0.3 is 20.3 Å². The fourth-order valence-corrected chi connectivity index (χ4v) is 2.63. The molecule has 1 saturated heterocycles. The summed E-state index contributed by atoms with van der Waals surface area (Å²) in [6, 6.07) is 5.79. The molecule has 2 aromatic rings. The van der Waals surface area contributed by atoms with Crippen LogP contribution >= 0.6 is 0 Å². The second kappa shape index (κ2) is 5.87. The number of piperazine rings is 1. The number of nitrogen functional groups attached to an aromatic ring is 1. The van der Waals surface area contributed by atoms with Crippen molar-refractivity contribution >= 4 is 17.2 Å². The predicted octanol–water partition coefficient (Wildman–Crippen LogP) is 1.39. The Bertz CT molecular complexity index is 611. The molecular formula is C15H19N5O. The highest BCUT2D eigenvalue weighted by molar-refractivity contribution is 5.66. The largest absolute Gasteiger partial charge is 0.493 e. The van der Waals surface area contributed by atoms with Crippen LogP contribution in [0.3, 0.4) is 0 Å². The summed E-state index contributed by atoms with van der Waals surface area (Å²) < 4.78 is 5.38. The normalized spacial score (nSPS) is 15.1. The standard InChI is InChI=1S/C15H19N5O/c1-21-14-3-2-5-18-15(14)20-9-7-19(8-10-20)13-4-6-17-11-12(13)16/h2-6,11H,7-10,16H2,1H3. The first kappa shape index (κ1) is 13.5. The van der Waals surface area contributed by atoms with Crippen LogP contribution < -0.4 is 20.3 Å². The van der Waals surface area contributed by atoms with Crippen molar-refractivity contribution in [1.29, 1.82) is 0 Å². The molecule has 0 aromatic carbocycles. The van der Waals surface area contributed by atoms with Gasteiger partial charge in [-0.2, -0.15) is 0 Å². The number of anilines is 3. The number of methoxy groups -OCH3 is 1. The van der Waals surface area contributed by atoms with Gasteiger partial charge in [0.1, 0.15) is 0 Å². The minimum absolute atomic E-state index is 0.723. The Balaban J connectivity index is 1.72. The molecule has 21 heavy (non-hydrogen) atoms. The Labute approximate surface area is 124 Å². The molecule has 6 nitrogen and oxygen atoms in total. The first-order chi connectivity index (χ1) is 10.3. The van der Waals surface area contributed by atoms with Gasteiger partial charge in [-0.05, 0) is 18.2 Å². The number of hydrogen-bond donors (Lipinski definition) is 1. The van der Waals surface area contributed by atoms with Crippen LogP contribution in [-0.2, 0) is 0 Å². The molecule has 0 radical (unpaired) electrons. The van der Waals surface area contributed by atoms with Crippen molar-refractivity contribution in [3.63, 3.8) is 0 Å². The van der Waals surface area contributed by atoms with E-state index in [0.717, 1.165) is 49.1 Å². The fourth-order valence-electron chi connectivity index (χ4n) is 2.63. The lowest BCUT2D eigenvalue weighted by molar-refractivity contribution is 0.411. The fraction of sp³-hybridized carbons (Fsp3) is 0.333. The van der Waals surface area contributed by atoms with E-state index in [9.17, 15) is 0 Å². The number of rotatable bonds is 3. The zero-order valence-corrected chi connectivity index (χ0v) is 12.1. The van der Waals surface area contributed by atoms with Crippen molar-refractivity contribution in [2.75, 3.05) is 48.8 Å². The summed E-state index contributed by atoms with van der Waals surface area (Å²) in [4.78, 5) is 13.0. The predicted molar refractivity (Wildman–Crippen MR) is 83.9 cm³/mol. The highest BCUT2D eigenvalue weighted by atomic mass is 16.5. The van der Waals surface area contributed by atoms with Gasteiger partial charge in [-0.1, -0.05) is 0 Å². The van der Waals surface area contributed by atoms with Crippen LogP contribution in [0, 0.1) is 0 Å². The van der Waals surface area contributed by atoms with E-state index in [-0.39, 0.29) is 0 Å². The van der Waals surface area contributed by atoms with Crippen LogP contribution in [0.4, 0.5) is 17.2 Å². The van der Waals surface area contributed by atoms with Crippen LogP contribution in [0.2, 0.25) is 0 Å². The molecule has 0 unspecified atom stereocenters. The zero-order chi connectivity index (χ0) is 14.7. The molecule has 0 saturated carbocycles. The van der Waals surface area contributed by atoms with E-state index >= 15 is 0 Å². The smallest absolute Gasteiger partial charge is 0.171 e. The van der Waals surface area contributed by atoms with E-state index in [0.29, 0.717) is 0 Å². The average Bonchev–Trinajstić information content (AvgIpc) is 2.55. The van der Waals surface area contributed by atoms with Gasteiger partial charge in [0.15, 0.2) is 11.6 Å². The van der Waals surface area contributed by atoms with E-state index in [1.807, 2.05) is 18.2 Å². The molecule has 1 fully saturated rings. The highest BCUT2D eigenvalue weighted by Crippen LogP contribution is 2.28. The quantitative estimate of drug-likeness (QED) is 0.919. The molecule has 0 atom stereocenters. The third-order valence-corrected chi connectivity index (χ3v) is 3.72. The number of nitrogens with zero attached hydrogens (tertiary/aromatic N) is 4. The first-order valence-electron chi connectivity index (χ1n) is 6.98. The third-order valence-electron chi connectivity index (χ3n) is 3.72. The van der Waals surface area contributed by atoms with E-state index in [1.165, 1.54) is 0 Å². The van der Waals surface area contributed by atoms with Crippen molar-refractivity contribution in [2.45, 2.75) is 0 Å². The molecule has 0 amide bonds. The summed E-state index contributed by atoms with van der Waals surface area (Å²) >= 11 is 0. The molecule has 3 rings (SSSR count). The van der Waals surface area contributed by atoms with E-state index in [2.05, 4.69) is 19.8 Å². The Hall–Kier alpha value is -2.50. The lowest BCUT2D eigenvalue weighted by Gasteiger charge is -2.37. The lowest BCUT2D eigenvalue weighted by atomic mass is 10.2. The Morgan fingerprint density at radius 3 is 2.57 bits per heavy atom. The molecule has 110 valence electrons. The lowest BCUT2D eigenvalue weighted by Crippen LogP contribution is -2.47. The van der Waals surface area contributed by atoms with E-state index in [1.54, 1.807) is 25.7 Å². The van der Waals surface area contributed by atoms with Crippen LogP contribution in [0.1, 0.15) is 0 Å².